The first-order chi connectivity index (χ1) is 9.66. The van der Waals surface area contributed by atoms with E-state index in [4.69, 9.17) is 4.42 Å². The molecule has 20 heavy (non-hydrogen) atoms. The van der Waals surface area contributed by atoms with Gasteiger partial charge >= 0.3 is 0 Å². The lowest BCUT2D eigenvalue weighted by molar-refractivity contribution is 0.0883. The van der Waals surface area contributed by atoms with Gasteiger partial charge < -0.3 is 9.73 Å². The molecule has 0 spiro atoms. The molecule has 3 rings (SSSR count). The summed E-state index contributed by atoms with van der Waals surface area (Å²) in [5.41, 5.74) is 1.72. The van der Waals surface area contributed by atoms with Gasteiger partial charge in [0.05, 0.1) is 0 Å². The maximum atomic E-state index is 12.4. The highest BCUT2D eigenvalue weighted by molar-refractivity contribution is 5.99. The average molecular weight is 271 g/mol. The number of fused-ring (bicyclic) bond motifs is 1. The van der Waals surface area contributed by atoms with Crippen molar-refractivity contribution in [2.75, 3.05) is 0 Å². The first kappa shape index (κ1) is 13.2. The average Bonchev–Trinajstić information content (AvgIpc) is 2.79. The van der Waals surface area contributed by atoms with Crippen LogP contribution in [0.1, 0.15) is 48.7 Å². The summed E-state index contributed by atoms with van der Waals surface area (Å²) >= 11 is 0. The molecule has 0 bridgehead atoms. The molecule has 1 heterocycles. The SMILES string of the molecule is Cc1c(C(=O)N[C@@H]2CCCC[C@H]2C)oc2ccccc12. The molecule has 0 unspecified atom stereocenters. The van der Waals surface area contributed by atoms with Crippen LogP contribution in [-0.4, -0.2) is 11.9 Å². The van der Waals surface area contributed by atoms with Gasteiger partial charge in [0.25, 0.3) is 5.91 Å². The third-order valence-corrected chi connectivity index (χ3v) is 4.48. The third-order valence-electron chi connectivity index (χ3n) is 4.48. The van der Waals surface area contributed by atoms with E-state index in [2.05, 4.69) is 12.2 Å². The standard InChI is InChI=1S/C17H21NO2/c1-11-7-3-5-9-14(11)18-17(19)16-12(2)13-8-4-6-10-15(13)20-16/h4,6,8,10-11,14H,3,5,7,9H2,1-2H3,(H,18,19)/t11-,14-/m1/s1. The van der Waals surface area contributed by atoms with Crippen LogP contribution >= 0.6 is 0 Å². The van der Waals surface area contributed by atoms with Crippen LogP contribution in [-0.2, 0) is 0 Å². The quantitative estimate of drug-likeness (QED) is 0.895. The summed E-state index contributed by atoms with van der Waals surface area (Å²) in [6.45, 7) is 4.17. The van der Waals surface area contributed by atoms with Gasteiger partial charge in [-0.1, -0.05) is 38.0 Å². The Labute approximate surface area is 119 Å². The molecule has 1 N–H and O–H groups in total. The highest BCUT2D eigenvalue weighted by Gasteiger charge is 2.25. The Morgan fingerprint density at radius 3 is 2.75 bits per heavy atom. The van der Waals surface area contributed by atoms with Crippen LogP contribution in [0.4, 0.5) is 0 Å². The number of aryl methyl sites for hydroxylation is 1. The van der Waals surface area contributed by atoms with E-state index in [9.17, 15) is 4.79 Å². The Bertz CT molecular complexity index is 629. The maximum Gasteiger partial charge on any atom is 0.287 e. The van der Waals surface area contributed by atoms with Crippen molar-refractivity contribution in [3.05, 3.63) is 35.6 Å². The van der Waals surface area contributed by atoms with Crippen molar-refractivity contribution in [3.8, 4) is 0 Å². The Morgan fingerprint density at radius 1 is 1.25 bits per heavy atom. The first-order valence-electron chi connectivity index (χ1n) is 7.46. The van der Waals surface area contributed by atoms with Crippen molar-refractivity contribution < 1.29 is 9.21 Å². The fraction of sp³-hybridized carbons (Fsp3) is 0.471. The van der Waals surface area contributed by atoms with Crippen LogP contribution in [0.3, 0.4) is 0 Å². The second kappa shape index (κ2) is 5.31. The van der Waals surface area contributed by atoms with Crippen molar-refractivity contribution in [1.82, 2.24) is 5.32 Å². The fourth-order valence-corrected chi connectivity index (χ4v) is 3.16. The monoisotopic (exact) mass is 271 g/mol. The molecule has 1 aromatic carbocycles. The third kappa shape index (κ3) is 2.33. The number of nitrogens with one attached hydrogen (secondary N) is 1. The Kier molecular flexibility index (Phi) is 3.51. The van der Waals surface area contributed by atoms with Crippen molar-refractivity contribution in [2.45, 2.75) is 45.6 Å². The summed E-state index contributed by atoms with van der Waals surface area (Å²) in [4.78, 5) is 12.4. The number of hydrogen-bond acceptors (Lipinski definition) is 2. The Hall–Kier alpha value is -1.77. The Morgan fingerprint density at radius 2 is 2.00 bits per heavy atom. The summed E-state index contributed by atoms with van der Waals surface area (Å²) in [6.07, 6.45) is 4.75. The van der Waals surface area contributed by atoms with Gasteiger partial charge in [0.1, 0.15) is 5.58 Å². The molecule has 1 aromatic heterocycles. The molecule has 0 saturated heterocycles. The lowest BCUT2D eigenvalue weighted by Gasteiger charge is -2.29. The van der Waals surface area contributed by atoms with Crippen LogP contribution in [0, 0.1) is 12.8 Å². The van der Waals surface area contributed by atoms with E-state index in [1.54, 1.807) is 0 Å². The van der Waals surface area contributed by atoms with Gasteiger partial charge in [0.2, 0.25) is 0 Å². The summed E-state index contributed by atoms with van der Waals surface area (Å²) in [6, 6.07) is 8.08. The summed E-state index contributed by atoms with van der Waals surface area (Å²) in [5, 5.41) is 4.18. The molecule has 0 radical (unpaired) electrons. The van der Waals surface area contributed by atoms with E-state index in [0.29, 0.717) is 11.7 Å². The molecule has 1 aliphatic rings. The molecule has 2 atom stereocenters. The van der Waals surface area contributed by atoms with Gasteiger partial charge in [-0.2, -0.15) is 0 Å². The molecule has 0 aliphatic heterocycles. The number of para-hydroxylation sites is 1. The van der Waals surface area contributed by atoms with Gasteiger partial charge in [0.15, 0.2) is 5.76 Å². The van der Waals surface area contributed by atoms with Gasteiger partial charge in [-0.3, -0.25) is 4.79 Å². The zero-order valence-electron chi connectivity index (χ0n) is 12.1. The topological polar surface area (TPSA) is 42.2 Å². The minimum Gasteiger partial charge on any atom is -0.451 e. The molecular formula is C17H21NO2. The number of carbonyl (C=O) groups is 1. The van der Waals surface area contributed by atoms with Crippen LogP contribution < -0.4 is 5.32 Å². The smallest absolute Gasteiger partial charge is 0.287 e. The zero-order chi connectivity index (χ0) is 14.1. The van der Waals surface area contributed by atoms with Gasteiger partial charge in [-0.15, -0.1) is 0 Å². The van der Waals surface area contributed by atoms with E-state index in [1.807, 2.05) is 31.2 Å². The Balaban J connectivity index is 1.83. The second-order valence-electron chi connectivity index (χ2n) is 5.89. The number of benzene rings is 1. The maximum absolute atomic E-state index is 12.4. The molecule has 3 heteroatoms. The summed E-state index contributed by atoms with van der Waals surface area (Å²) in [5.74, 6) is 0.943. The number of hydrogen-bond donors (Lipinski definition) is 1. The lowest BCUT2D eigenvalue weighted by atomic mass is 9.86. The molecule has 106 valence electrons. The predicted molar refractivity (Wildman–Crippen MR) is 79.8 cm³/mol. The van der Waals surface area contributed by atoms with Crippen LogP contribution in [0.15, 0.2) is 28.7 Å². The molecule has 1 amide bonds. The van der Waals surface area contributed by atoms with E-state index >= 15 is 0 Å². The van der Waals surface area contributed by atoms with Crippen LogP contribution in [0.2, 0.25) is 0 Å². The minimum atomic E-state index is -0.0718. The molecule has 1 saturated carbocycles. The fourth-order valence-electron chi connectivity index (χ4n) is 3.16. The normalized spacial score (nSPS) is 22.9. The summed E-state index contributed by atoms with van der Waals surface area (Å²) < 4.78 is 5.73. The number of rotatable bonds is 2. The largest absolute Gasteiger partial charge is 0.451 e. The lowest BCUT2D eigenvalue weighted by Crippen LogP contribution is -2.41. The molecule has 1 aliphatic carbocycles. The van der Waals surface area contributed by atoms with E-state index in [-0.39, 0.29) is 11.9 Å². The second-order valence-corrected chi connectivity index (χ2v) is 5.89. The molecular weight excluding hydrogens is 250 g/mol. The van der Waals surface area contributed by atoms with Crippen molar-refractivity contribution in [1.29, 1.82) is 0 Å². The number of furan rings is 1. The van der Waals surface area contributed by atoms with Crippen molar-refractivity contribution >= 4 is 16.9 Å². The first-order valence-corrected chi connectivity index (χ1v) is 7.46. The van der Waals surface area contributed by atoms with Gasteiger partial charge in [0, 0.05) is 17.0 Å². The predicted octanol–water partition coefficient (Wildman–Crippen LogP) is 4.05. The molecule has 2 aromatic rings. The van der Waals surface area contributed by atoms with E-state index < -0.39 is 0 Å². The zero-order valence-corrected chi connectivity index (χ0v) is 12.1. The highest BCUT2D eigenvalue weighted by Crippen LogP contribution is 2.27. The number of amides is 1. The van der Waals surface area contributed by atoms with Gasteiger partial charge in [-0.05, 0) is 31.7 Å². The van der Waals surface area contributed by atoms with E-state index in [1.165, 1.54) is 19.3 Å². The molecule has 1 fully saturated rings. The van der Waals surface area contributed by atoms with Crippen molar-refractivity contribution in [3.63, 3.8) is 0 Å². The summed E-state index contributed by atoms with van der Waals surface area (Å²) in [7, 11) is 0. The van der Waals surface area contributed by atoms with Crippen LogP contribution in [0.5, 0.6) is 0 Å². The van der Waals surface area contributed by atoms with Crippen molar-refractivity contribution in [2.24, 2.45) is 5.92 Å². The van der Waals surface area contributed by atoms with E-state index in [0.717, 1.165) is 23.0 Å². The number of carbonyl (C=O) groups excluding carboxylic acids is 1. The highest BCUT2D eigenvalue weighted by atomic mass is 16.3. The molecule has 3 nitrogen and oxygen atoms in total. The minimum absolute atomic E-state index is 0.0718. The van der Waals surface area contributed by atoms with Gasteiger partial charge in [-0.25, -0.2) is 0 Å². The van der Waals surface area contributed by atoms with Crippen LogP contribution in [0.25, 0.3) is 11.0 Å².